The van der Waals surface area contributed by atoms with E-state index in [0.29, 0.717) is 0 Å². The number of aromatic nitrogens is 1. The SMILES string of the molecule is CCOC(=O)NC(=O)c1ccsc1NC(=O)c1ccnc(NC(=O)c2ccc(F)cc2)c1. The highest BCUT2D eigenvalue weighted by Crippen LogP contribution is 2.24. The predicted molar refractivity (Wildman–Crippen MR) is 115 cm³/mol. The van der Waals surface area contributed by atoms with Gasteiger partial charge in [0.15, 0.2) is 0 Å². The summed E-state index contributed by atoms with van der Waals surface area (Å²) in [5.74, 6) is -2.16. The highest BCUT2D eigenvalue weighted by molar-refractivity contribution is 7.14. The highest BCUT2D eigenvalue weighted by atomic mass is 32.1. The summed E-state index contributed by atoms with van der Waals surface area (Å²) in [6.45, 7) is 1.71. The third kappa shape index (κ3) is 5.73. The van der Waals surface area contributed by atoms with Gasteiger partial charge in [0, 0.05) is 17.3 Å². The molecule has 9 nitrogen and oxygen atoms in total. The topological polar surface area (TPSA) is 126 Å². The molecule has 1 aromatic carbocycles. The van der Waals surface area contributed by atoms with E-state index in [-0.39, 0.29) is 34.1 Å². The lowest BCUT2D eigenvalue weighted by molar-refractivity contribution is 0.0925. The molecular formula is C21H17FN4O5S. The van der Waals surface area contributed by atoms with Gasteiger partial charge < -0.3 is 15.4 Å². The third-order valence-electron chi connectivity index (χ3n) is 4.00. The molecule has 0 radical (unpaired) electrons. The van der Waals surface area contributed by atoms with Crippen LogP contribution in [0.15, 0.2) is 54.0 Å². The van der Waals surface area contributed by atoms with Crippen LogP contribution in [0.1, 0.15) is 38.0 Å². The predicted octanol–water partition coefficient (Wildman–Crippen LogP) is 3.67. The second-order valence-electron chi connectivity index (χ2n) is 6.18. The first-order valence-corrected chi connectivity index (χ1v) is 10.1. The van der Waals surface area contributed by atoms with E-state index in [9.17, 15) is 23.6 Å². The number of hydrogen-bond acceptors (Lipinski definition) is 7. The van der Waals surface area contributed by atoms with Gasteiger partial charge in [0.25, 0.3) is 17.7 Å². The fourth-order valence-corrected chi connectivity index (χ4v) is 3.30. The van der Waals surface area contributed by atoms with Crippen LogP contribution in [0, 0.1) is 5.82 Å². The first-order valence-electron chi connectivity index (χ1n) is 9.27. The number of amides is 4. The minimum Gasteiger partial charge on any atom is -0.450 e. The van der Waals surface area contributed by atoms with Crippen molar-refractivity contribution in [2.45, 2.75) is 6.92 Å². The summed E-state index contributed by atoms with van der Waals surface area (Å²) in [5.41, 5.74) is 0.480. The van der Waals surface area contributed by atoms with E-state index in [1.54, 1.807) is 12.3 Å². The average Bonchev–Trinajstić information content (AvgIpc) is 3.22. The molecular weight excluding hydrogens is 439 g/mol. The van der Waals surface area contributed by atoms with Crippen molar-refractivity contribution in [2.24, 2.45) is 0 Å². The van der Waals surface area contributed by atoms with Crippen LogP contribution in [-0.4, -0.2) is 35.4 Å². The number of alkyl carbamates (subject to hydrolysis) is 1. The van der Waals surface area contributed by atoms with Crippen LogP contribution in [0.5, 0.6) is 0 Å². The second-order valence-corrected chi connectivity index (χ2v) is 7.10. The molecule has 0 saturated carbocycles. The van der Waals surface area contributed by atoms with Crippen molar-refractivity contribution in [3.63, 3.8) is 0 Å². The molecule has 11 heteroatoms. The van der Waals surface area contributed by atoms with Gasteiger partial charge in [0.1, 0.15) is 16.6 Å². The smallest absolute Gasteiger partial charge is 0.414 e. The summed E-state index contributed by atoms with van der Waals surface area (Å²) in [6, 6.07) is 9.18. The van der Waals surface area contributed by atoms with Crippen LogP contribution in [0.4, 0.5) is 20.0 Å². The van der Waals surface area contributed by atoms with Crippen molar-refractivity contribution in [1.29, 1.82) is 0 Å². The minimum absolute atomic E-state index is 0.0929. The zero-order valence-electron chi connectivity index (χ0n) is 16.7. The van der Waals surface area contributed by atoms with Crippen molar-refractivity contribution in [1.82, 2.24) is 10.3 Å². The molecule has 3 rings (SSSR count). The molecule has 0 atom stereocenters. The summed E-state index contributed by atoms with van der Waals surface area (Å²) < 4.78 is 17.7. The van der Waals surface area contributed by atoms with Gasteiger partial charge in [0.05, 0.1) is 12.2 Å². The van der Waals surface area contributed by atoms with E-state index in [1.165, 1.54) is 36.5 Å². The molecule has 32 heavy (non-hydrogen) atoms. The molecule has 2 heterocycles. The van der Waals surface area contributed by atoms with Gasteiger partial charge in [-0.05, 0) is 54.8 Å². The lowest BCUT2D eigenvalue weighted by Gasteiger charge is -2.09. The molecule has 0 bridgehead atoms. The monoisotopic (exact) mass is 456 g/mol. The van der Waals surface area contributed by atoms with E-state index in [2.05, 4.69) is 25.7 Å². The number of nitrogens with one attached hydrogen (secondary N) is 3. The number of rotatable bonds is 6. The van der Waals surface area contributed by atoms with Crippen LogP contribution in [0.3, 0.4) is 0 Å². The molecule has 0 saturated heterocycles. The van der Waals surface area contributed by atoms with E-state index in [0.717, 1.165) is 23.5 Å². The first kappa shape index (κ1) is 22.6. The molecule has 3 aromatic rings. The Morgan fingerprint density at radius 2 is 1.69 bits per heavy atom. The van der Waals surface area contributed by atoms with Gasteiger partial charge in [-0.3, -0.25) is 19.7 Å². The summed E-state index contributed by atoms with van der Waals surface area (Å²) in [5, 5.41) is 8.99. The Balaban J connectivity index is 1.69. The van der Waals surface area contributed by atoms with Gasteiger partial charge in [-0.1, -0.05) is 0 Å². The molecule has 2 aromatic heterocycles. The number of imide groups is 1. The number of carbonyl (C=O) groups excluding carboxylic acids is 4. The Morgan fingerprint density at radius 1 is 0.969 bits per heavy atom. The molecule has 0 spiro atoms. The van der Waals surface area contributed by atoms with Crippen molar-refractivity contribution in [3.05, 3.63) is 76.5 Å². The van der Waals surface area contributed by atoms with Crippen molar-refractivity contribution >= 4 is 46.0 Å². The standard InChI is InChI=1S/C21H17FN4O5S/c1-2-31-21(30)26-19(29)15-8-10-32-20(15)25-18(28)13-7-9-23-16(11-13)24-17(27)12-3-5-14(22)6-4-12/h3-11H,2H2,1H3,(H,25,28)(H,23,24,27)(H,26,29,30). The number of ether oxygens (including phenoxy) is 1. The summed E-state index contributed by atoms with van der Waals surface area (Å²) >= 11 is 1.09. The Hall–Kier alpha value is -4.12. The number of nitrogens with zero attached hydrogens (tertiary/aromatic N) is 1. The summed E-state index contributed by atoms with van der Waals surface area (Å²) in [6.07, 6.45) is 0.439. The van der Waals surface area contributed by atoms with Crippen LogP contribution < -0.4 is 16.0 Å². The Morgan fingerprint density at radius 3 is 2.41 bits per heavy atom. The van der Waals surface area contributed by atoms with Crippen LogP contribution in [-0.2, 0) is 4.74 Å². The average molecular weight is 456 g/mol. The van der Waals surface area contributed by atoms with Crippen molar-refractivity contribution < 1.29 is 28.3 Å². The van der Waals surface area contributed by atoms with Gasteiger partial charge in [-0.25, -0.2) is 14.2 Å². The van der Waals surface area contributed by atoms with Gasteiger partial charge in [-0.2, -0.15) is 0 Å². The van der Waals surface area contributed by atoms with Crippen molar-refractivity contribution in [2.75, 3.05) is 17.2 Å². The lowest BCUT2D eigenvalue weighted by atomic mass is 10.2. The molecule has 0 aliphatic rings. The zero-order chi connectivity index (χ0) is 23.1. The number of thiophene rings is 1. The van der Waals surface area contributed by atoms with Gasteiger partial charge in [-0.15, -0.1) is 11.3 Å². The summed E-state index contributed by atoms with van der Waals surface area (Å²) in [4.78, 5) is 52.6. The third-order valence-corrected chi connectivity index (χ3v) is 4.83. The Kier molecular flexibility index (Phi) is 7.24. The lowest BCUT2D eigenvalue weighted by Crippen LogP contribution is -2.31. The van der Waals surface area contributed by atoms with E-state index in [1.807, 2.05) is 0 Å². The number of halogens is 1. The quantitative estimate of drug-likeness (QED) is 0.520. The molecule has 4 amide bonds. The highest BCUT2D eigenvalue weighted by Gasteiger charge is 2.19. The van der Waals surface area contributed by atoms with E-state index < -0.39 is 29.6 Å². The zero-order valence-corrected chi connectivity index (χ0v) is 17.5. The fraction of sp³-hybridized carbons (Fsp3) is 0.0952. The maximum atomic E-state index is 13.0. The molecule has 164 valence electrons. The first-order chi connectivity index (χ1) is 15.4. The fourth-order valence-electron chi connectivity index (χ4n) is 2.52. The van der Waals surface area contributed by atoms with Crippen LogP contribution >= 0.6 is 11.3 Å². The van der Waals surface area contributed by atoms with E-state index in [4.69, 9.17) is 0 Å². The molecule has 3 N–H and O–H groups in total. The number of anilines is 2. The van der Waals surface area contributed by atoms with Gasteiger partial charge >= 0.3 is 6.09 Å². The normalized spacial score (nSPS) is 10.2. The maximum Gasteiger partial charge on any atom is 0.414 e. The maximum absolute atomic E-state index is 13.0. The van der Waals surface area contributed by atoms with E-state index >= 15 is 0 Å². The van der Waals surface area contributed by atoms with Crippen LogP contribution in [0.25, 0.3) is 0 Å². The Bertz CT molecular complexity index is 1160. The molecule has 0 fully saturated rings. The van der Waals surface area contributed by atoms with Gasteiger partial charge in [0.2, 0.25) is 0 Å². The largest absolute Gasteiger partial charge is 0.450 e. The number of carbonyl (C=O) groups is 4. The molecule has 0 aliphatic carbocycles. The minimum atomic E-state index is -0.892. The van der Waals surface area contributed by atoms with Crippen LogP contribution in [0.2, 0.25) is 0 Å². The molecule has 0 aliphatic heterocycles. The number of hydrogen-bond donors (Lipinski definition) is 3. The second kappa shape index (κ2) is 10.3. The molecule has 0 unspecified atom stereocenters. The summed E-state index contributed by atoms with van der Waals surface area (Å²) in [7, 11) is 0. The number of pyridine rings is 1. The Labute approximate surface area is 185 Å². The number of benzene rings is 1. The van der Waals surface area contributed by atoms with Crippen molar-refractivity contribution in [3.8, 4) is 0 Å².